The Hall–Kier alpha value is -3.29. The zero-order valence-electron chi connectivity index (χ0n) is 24.9. The first-order chi connectivity index (χ1) is 24.6. The molecular formula is C20H6F20O12S5. The molecule has 0 unspecified atom stereocenters. The number of hydrogen-bond acceptors (Lipinski definition) is 10. The average Bonchev–Trinajstić information content (AvgIpc) is 2.98. The zero-order chi connectivity index (χ0) is 45.9. The van der Waals surface area contributed by atoms with Crippen molar-refractivity contribution in [3.05, 3.63) is 47.5 Å². The summed E-state index contributed by atoms with van der Waals surface area (Å²) in [7, 11) is -38.9. The smallest absolute Gasteiger partial charge is 0.281 e. The molecule has 2 N–H and O–H groups in total. The summed E-state index contributed by atoms with van der Waals surface area (Å²) in [5, 5.41) is -31.5. The first kappa shape index (κ1) is 49.9. The summed E-state index contributed by atoms with van der Waals surface area (Å²) >= 11 is 0. The maximum absolute atomic E-state index is 14.7. The Kier molecular flexibility index (Phi) is 11.7. The van der Waals surface area contributed by atoms with Crippen LogP contribution in [-0.2, 0) is 49.7 Å². The number of hydrogen-bond donors (Lipinski definition) is 2. The van der Waals surface area contributed by atoms with E-state index in [0.29, 0.717) is 0 Å². The fourth-order valence-corrected chi connectivity index (χ4v) is 8.60. The molecule has 0 amide bonds. The van der Waals surface area contributed by atoms with E-state index in [1.54, 1.807) is 0 Å². The maximum Gasteiger partial charge on any atom is 0.438 e. The summed E-state index contributed by atoms with van der Waals surface area (Å²) in [4.78, 5) is -12.3. The molecule has 0 saturated heterocycles. The summed E-state index contributed by atoms with van der Waals surface area (Å²) in [5.74, 6) is -47.1. The molecule has 37 heteroatoms. The predicted octanol–water partition coefficient (Wildman–Crippen LogP) is 5.31. The van der Waals surface area contributed by atoms with E-state index in [9.17, 15) is 130 Å². The molecule has 2 rings (SSSR count). The Morgan fingerprint density at radius 1 is 0.351 bits per heavy atom. The van der Waals surface area contributed by atoms with Gasteiger partial charge in [0.05, 0.1) is 9.79 Å². The first-order valence-electron chi connectivity index (χ1n) is 12.3. The van der Waals surface area contributed by atoms with Gasteiger partial charge in [-0.25, -0.2) is 42.8 Å². The van der Waals surface area contributed by atoms with Crippen LogP contribution < -0.4 is 0 Å². The van der Waals surface area contributed by atoms with E-state index in [2.05, 4.69) is 0 Å². The lowest BCUT2D eigenvalue weighted by atomic mass is 10.2. The number of alkyl halides is 16. The van der Waals surface area contributed by atoms with Crippen molar-refractivity contribution in [3.63, 3.8) is 0 Å². The van der Waals surface area contributed by atoms with Crippen LogP contribution >= 0.6 is 0 Å². The SMILES string of the molecule is O=S(=O)(c1cc(F)c(S(=O)(=O)C(F)(F)C(F)(F)C(F)(F)C(F)(F)S(=O)(=O)O)c(F)c1)c1cc(F)c(S(=O)(=O)C(F)(F)C(F)(F)C(F)(F)C(F)(F)S(=O)(=O)O)c(F)c1. The van der Waals surface area contributed by atoms with Gasteiger partial charge in [0.2, 0.25) is 9.84 Å². The Balaban J connectivity index is 2.83. The third-order valence-electron chi connectivity index (χ3n) is 6.68. The highest BCUT2D eigenvalue weighted by Gasteiger charge is 2.89. The number of halogens is 20. The molecule has 0 aliphatic rings. The van der Waals surface area contributed by atoms with E-state index in [1.807, 2.05) is 0 Å². The molecule has 0 spiro atoms. The van der Waals surface area contributed by atoms with Crippen molar-refractivity contribution in [2.45, 2.75) is 64.3 Å². The first-order valence-corrected chi connectivity index (χ1v) is 19.6. The van der Waals surface area contributed by atoms with Gasteiger partial charge in [0.15, 0.2) is 0 Å². The third-order valence-corrected chi connectivity index (χ3v) is 13.9. The van der Waals surface area contributed by atoms with Gasteiger partial charge in [-0.3, -0.25) is 9.11 Å². The Morgan fingerprint density at radius 3 is 0.702 bits per heavy atom. The van der Waals surface area contributed by atoms with Gasteiger partial charge in [0.1, 0.15) is 33.1 Å². The summed E-state index contributed by atoms with van der Waals surface area (Å²) < 4.78 is 412. The second-order valence-corrected chi connectivity index (χ2v) is 19.0. The van der Waals surface area contributed by atoms with Gasteiger partial charge in [-0.15, -0.1) is 0 Å². The fourth-order valence-electron chi connectivity index (χ4n) is 3.68. The van der Waals surface area contributed by atoms with Crippen LogP contribution in [0.1, 0.15) is 0 Å². The molecule has 0 aliphatic heterocycles. The van der Waals surface area contributed by atoms with Crippen LogP contribution in [0.3, 0.4) is 0 Å². The number of sulfone groups is 3. The highest BCUT2D eigenvalue weighted by molar-refractivity contribution is 7.93. The lowest BCUT2D eigenvalue weighted by molar-refractivity contribution is -0.326. The fraction of sp³-hybridized carbons (Fsp3) is 0.400. The van der Waals surface area contributed by atoms with Gasteiger partial charge in [0.25, 0.3) is 19.7 Å². The van der Waals surface area contributed by atoms with Crippen molar-refractivity contribution in [1.82, 2.24) is 0 Å². The van der Waals surface area contributed by atoms with E-state index in [0.717, 1.165) is 0 Å². The second kappa shape index (κ2) is 13.4. The molecule has 0 aromatic heterocycles. The molecule has 57 heavy (non-hydrogen) atoms. The van der Waals surface area contributed by atoms with E-state index in [-0.39, 0.29) is 0 Å². The molecule has 0 saturated carbocycles. The average molecular weight is 979 g/mol. The highest BCUT2D eigenvalue weighted by Crippen LogP contribution is 2.58. The van der Waals surface area contributed by atoms with Gasteiger partial charge in [0, 0.05) is 0 Å². The van der Waals surface area contributed by atoms with Crippen LogP contribution in [-0.4, -0.2) is 95.9 Å². The van der Waals surface area contributed by atoms with Crippen LogP contribution in [0.5, 0.6) is 0 Å². The van der Waals surface area contributed by atoms with Crippen LogP contribution in [0.2, 0.25) is 0 Å². The maximum atomic E-state index is 14.7. The molecule has 2 aromatic rings. The summed E-state index contributed by atoms with van der Waals surface area (Å²) in [5.41, 5.74) is 0. The van der Waals surface area contributed by atoms with Crippen molar-refractivity contribution in [1.29, 1.82) is 0 Å². The molecule has 0 bridgehead atoms. The quantitative estimate of drug-likeness (QED) is 0.182. The molecule has 328 valence electrons. The summed E-state index contributed by atoms with van der Waals surface area (Å²) in [6, 6.07) is -4.79. The van der Waals surface area contributed by atoms with Gasteiger partial charge in [-0.05, 0) is 24.3 Å². The summed E-state index contributed by atoms with van der Waals surface area (Å²) in [6.07, 6.45) is 0. The van der Waals surface area contributed by atoms with Crippen LogP contribution in [0.4, 0.5) is 87.8 Å². The largest absolute Gasteiger partial charge is 0.438 e. The standard InChI is InChI=1S/C20H6F20O12S5/c21-7-1-5(2-8(22)11(7)54(43,44)17(33,34)13(25,26)15(29,30)19(37,38)56(47,48)49)53(41,42)6-3-9(23)12(10(24)4-6)55(45,46)18(35,36)14(27,28)16(31,32)20(39,40)57(50,51)52/h1-4H,(H,47,48,49)(H,50,51,52). The van der Waals surface area contributed by atoms with Crippen LogP contribution in [0, 0.1) is 23.3 Å². The molecular weight excluding hydrogens is 973 g/mol. The van der Waals surface area contributed by atoms with E-state index < -0.39 is 162 Å². The minimum Gasteiger partial charge on any atom is -0.281 e. The molecule has 0 aliphatic carbocycles. The molecule has 0 radical (unpaired) electrons. The lowest BCUT2D eigenvalue weighted by Crippen LogP contribution is -2.66. The zero-order valence-corrected chi connectivity index (χ0v) is 29.0. The molecule has 0 fully saturated rings. The van der Waals surface area contributed by atoms with Gasteiger partial charge >= 0.3 is 64.9 Å². The second-order valence-electron chi connectivity index (χ2n) is 10.3. The Bertz CT molecular complexity index is 2360. The monoisotopic (exact) mass is 978 g/mol. The van der Waals surface area contributed by atoms with Crippen molar-refractivity contribution in [2.75, 3.05) is 0 Å². The Labute approximate surface area is 300 Å². The van der Waals surface area contributed by atoms with Gasteiger partial charge in [-0.1, -0.05) is 0 Å². The predicted molar refractivity (Wildman–Crippen MR) is 135 cm³/mol. The number of benzene rings is 2. The van der Waals surface area contributed by atoms with Gasteiger partial charge < -0.3 is 0 Å². The van der Waals surface area contributed by atoms with E-state index >= 15 is 0 Å². The van der Waals surface area contributed by atoms with Gasteiger partial charge in [-0.2, -0.15) is 87.1 Å². The van der Waals surface area contributed by atoms with Crippen molar-refractivity contribution >= 4 is 49.7 Å². The van der Waals surface area contributed by atoms with Crippen LogP contribution in [0.15, 0.2) is 43.8 Å². The van der Waals surface area contributed by atoms with Crippen molar-refractivity contribution in [3.8, 4) is 0 Å². The third kappa shape index (κ3) is 6.66. The molecule has 0 atom stereocenters. The van der Waals surface area contributed by atoms with Crippen molar-refractivity contribution < 1.29 is 139 Å². The minimum absolute atomic E-state index is 1.20. The van der Waals surface area contributed by atoms with Crippen molar-refractivity contribution in [2.24, 2.45) is 0 Å². The van der Waals surface area contributed by atoms with E-state index in [4.69, 9.17) is 9.11 Å². The normalized spacial score (nSPS) is 15.5. The minimum atomic E-state index is -8.35. The molecule has 0 heterocycles. The molecule has 12 nitrogen and oxygen atoms in total. The Morgan fingerprint density at radius 2 is 0.526 bits per heavy atom. The topological polar surface area (TPSA) is 211 Å². The summed E-state index contributed by atoms with van der Waals surface area (Å²) in [6.45, 7) is 0. The highest BCUT2D eigenvalue weighted by atomic mass is 32.2. The number of rotatable bonds is 14. The van der Waals surface area contributed by atoms with E-state index in [1.165, 1.54) is 0 Å². The van der Waals surface area contributed by atoms with Crippen LogP contribution in [0.25, 0.3) is 0 Å². The molecule has 2 aromatic carbocycles. The lowest BCUT2D eigenvalue weighted by Gasteiger charge is -2.34.